The van der Waals surface area contributed by atoms with Crippen molar-refractivity contribution in [1.29, 1.82) is 0 Å². The third kappa shape index (κ3) is 5.57. The minimum Gasteiger partial charge on any atom is -0.346 e. The van der Waals surface area contributed by atoms with Crippen molar-refractivity contribution >= 4 is 53.6 Å². The average molecular weight is 616 g/mol. The van der Waals surface area contributed by atoms with E-state index in [1.54, 1.807) is 4.90 Å². The van der Waals surface area contributed by atoms with E-state index in [1.165, 1.54) is 24.4 Å². The van der Waals surface area contributed by atoms with Gasteiger partial charge in [-0.25, -0.2) is 45.0 Å². The Bertz CT molecular complexity index is 1770. The molecule has 1 saturated heterocycles. The van der Waals surface area contributed by atoms with Crippen LogP contribution in [0.3, 0.4) is 0 Å². The third-order valence-electron chi connectivity index (χ3n) is 5.78. The molecule has 1 aliphatic heterocycles. The van der Waals surface area contributed by atoms with Crippen LogP contribution in [-0.4, -0.2) is 56.4 Å². The van der Waals surface area contributed by atoms with E-state index >= 15 is 4.39 Å². The van der Waals surface area contributed by atoms with Crippen molar-refractivity contribution in [2.75, 3.05) is 34.2 Å². The normalized spacial score (nSPS) is 15.3. The molecular weight excluding hydrogens is 599 g/mol. The standard InChI is InChI=1S/C23H17ClF3N5O4S3/c24-22-28-8-7-17(29-22)20-19(30-23(37-20)32-9-11-38(33,34)12-10-32)13-3-1-6-16(18(13)27)31-39(35,36)21-14(25)4-2-5-15(21)26/h1-8,31H,9-12H2. The van der Waals surface area contributed by atoms with E-state index < -0.39 is 47.9 Å². The summed E-state index contributed by atoms with van der Waals surface area (Å²) in [5.74, 6) is -3.88. The zero-order chi connectivity index (χ0) is 27.9. The summed E-state index contributed by atoms with van der Waals surface area (Å²) in [7, 11) is -8.03. The molecule has 0 atom stereocenters. The summed E-state index contributed by atoms with van der Waals surface area (Å²) in [6.07, 6.45) is 1.39. The van der Waals surface area contributed by atoms with Gasteiger partial charge >= 0.3 is 0 Å². The minimum absolute atomic E-state index is 0.0746. The van der Waals surface area contributed by atoms with Gasteiger partial charge in [-0.15, -0.1) is 0 Å². The van der Waals surface area contributed by atoms with Crippen LogP contribution in [0.4, 0.5) is 24.0 Å². The Morgan fingerprint density at radius 3 is 2.31 bits per heavy atom. The van der Waals surface area contributed by atoms with Gasteiger partial charge in [0.25, 0.3) is 10.0 Å². The van der Waals surface area contributed by atoms with E-state index in [0.717, 1.165) is 35.6 Å². The molecule has 0 spiro atoms. The molecule has 2 aromatic heterocycles. The van der Waals surface area contributed by atoms with Crippen molar-refractivity contribution < 1.29 is 30.0 Å². The number of anilines is 2. The topological polar surface area (TPSA) is 122 Å². The molecule has 204 valence electrons. The molecule has 5 rings (SSSR count). The maximum absolute atomic E-state index is 15.8. The van der Waals surface area contributed by atoms with Crippen molar-refractivity contribution in [1.82, 2.24) is 15.0 Å². The summed E-state index contributed by atoms with van der Waals surface area (Å²) >= 11 is 7.08. The number of nitrogens with one attached hydrogen (secondary N) is 1. The lowest BCUT2D eigenvalue weighted by atomic mass is 10.1. The van der Waals surface area contributed by atoms with E-state index in [2.05, 4.69) is 15.0 Å². The number of nitrogens with zero attached hydrogens (tertiary/aromatic N) is 4. The van der Waals surface area contributed by atoms with Gasteiger partial charge in [0.15, 0.2) is 25.7 Å². The van der Waals surface area contributed by atoms with Gasteiger partial charge in [-0.05, 0) is 41.9 Å². The van der Waals surface area contributed by atoms with E-state index in [0.29, 0.717) is 15.7 Å². The van der Waals surface area contributed by atoms with E-state index in [9.17, 15) is 25.6 Å². The number of sulfonamides is 1. The van der Waals surface area contributed by atoms with Crippen molar-refractivity contribution in [2.45, 2.75) is 4.90 Å². The molecule has 2 aromatic carbocycles. The Hall–Kier alpha value is -3.27. The summed E-state index contributed by atoms with van der Waals surface area (Å²) < 4.78 is 95.4. The van der Waals surface area contributed by atoms with Crippen molar-refractivity contribution in [2.24, 2.45) is 0 Å². The number of sulfone groups is 1. The van der Waals surface area contributed by atoms with Gasteiger partial charge in [-0.1, -0.05) is 23.5 Å². The highest BCUT2D eigenvalue weighted by atomic mass is 35.5. The number of benzene rings is 2. The zero-order valence-electron chi connectivity index (χ0n) is 19.6. The molecule has 16 heteroatoms. The molecule has 1 fully saturated rings. The van der Waals surface area contributed by atoms with Crippen LogP contribution in [-0.2, 0) is 19.9 Å². The zero-order valence-corrected chi connectivity index (χ0v) is 22.8. The lowest BCUT2D eigenvalue weighted by Crippen LogP contribution is -2.40. The number of halogens is 4. The first-order valence-corrected chi connectivity index (χ1v) is 15.7. The average Bonchev–Trinajstić information content (AvgIpc) is 3.30. The smallest absolute Gasteiger partial charge is 0.267 e. The van der Waals surface area contributed by atoms with Gasteiger partial charge in [-0.2, -0.15) is 0 Å². The van der Waals surface area contributed by atoms with Crippen LogP contribution < -0.4 is 9.62 Å². The summed E-state index contributed by atoms with van der Waals surface area (Å²) in [4.78, 5) is 13.4. The van der Waals surface area contributed by atoms with Crippen LogP contribution in [0.25, 0.3) is 21.8 Å². The first-order valence-electron chi connectivity index (χ1n) is 11.2. The highest BCUT2D eigenvalue weighted by Gasteiger charge is 2.29. The number of hydrogen-bond acceptors (Lipinski definition) is 9. The Morgan fingerprint density at radius 1 is 0.974 bits per heavy atom. The van der Waals surface area contributed by atoms with E-state index in [4.69, 9.17) is 11.6 Å². The minimum atomic E-state index is -4.85. The summed E-state index contributed by atoms with van der Waals surface area (Å²) in [5, 5.41) is 0.315. The SMILES string of the molecule is O=S1(=O)CCN(c2nc(-c3cccc(NS(=O)(=O)c4c(F)cccc4F)c3F)c(-c3ccnc(Cl)n3)s2)CC1. The molecule has 0 radical (unpaired) electrons. The molecular formula is C23H17ClF3N5O4S3. The summed E-state index contributed by atoms with van der Waals surface area (Å²) in [6.45, 7) is 0.353. The Labute approximate surface area is 230 Å². The van der Waals surface area contributed by atoms with Gasteiger partial charge in [0.1, 0.15) is 11.6 Å². The molecule has 0 amide bonds. The molecule has 4 aromatic rings. The molecule has 0 saturated carbocycles. The first kappa shape index (κ1) is 27.3. The Kier molecular flexibility index (Phi) is 7.26. The fourth-order valence-electron chi connectivity index (χ4n) is 3.89. The second kappa shape index (κ2) is 10.4. The maximum Gasteiger partial charge on any atom is 0.267 e. The summed E-state index contributed by atoms with van der Waals surface area (Å²) in [5.41, 5.74) is -0.326. The van der Waals surface area contributed by atoms with Crippen LogP contribution in [0.15, 0.2) is 53.6 Å². The third-order valence-corrected chi connectivity index (χ3v) is 10.1. The lowest BCUT2D eigenvalue weighted by molar-refractivity contribution is 0.521. The fourth-order valence-corrected chi connectivity index (χ4v) is 7.54. The van der Waals surface area contributed by atoms with Gasteiger partial charge in [0.2, 0.25) is 5.28 Å². The molecule has 9 nitrogen and oxygen atoms in total. The van der Waals surface area contributed by atoms with Crippen LogP contribution in [0, 0.1) is 17.5 Å². The number of thiazole rings is 1. The van der Waals surface area contributed by atoms with Crippen molar-refractivity contribution in [3.8, 4) is 21.8 Å². The molecule has 0 aliphatic carbocycles. The van der Waals surface area contributed by atoms with Crippen LogP contribution in [0.5, 0.6) is 0 Å². The number of aromatic nitrogens is 3. The highest BCUT2D eigenvalue weighted by Crippen LogP contribution is 2.42. The predicted octanol–water partition coefficient (Wildman–Crippen LogP) is 4.37. The lowest BCUT2D eigenvalue weighted by Gasteiger charge is -2.25. The quantitative estimate of drug-likeness (QED) is 0.317. The Morgan fingerprint density at radius 2 is 1.64 bits per heavy atom. The van der Waals surface area contributed by atoms with Crippen LogP contribution >= 0.6 is 22.9 Å². The number of hydrogen-bond donors (Lipinski definition) is 1. The van der Waals surface area contributed by atoms with Gasteiger partial charge in [0.05, 0.1) is 33.5 Å². The van der Waals surface area contributed by atoms with Crippen molar-refractivity contribution in [3.63, 3.8) is 0 Å². The number of rotatable bonds is 6. The van der Waals surface area contributed by atoms with Gasteiger partial charge in [0, 0.05) is 24.8 Å². The van der Waals surface area contributed by atoms with Crippen LogP contribution in [0.2, 0.25) is 5.28 Å². The van der Waals surface area contributed by atoms with Crippen molar-refractivity contribution in [3.05, 3.63) is 71.4 Å². The predicted molar refractivity (Wildman–Crippen MR) is 142 cm³/mol. The molecule has 0 bridgehead atoms. The largest absolute Gasteiger partial charge is 0.346 e. The second-order valence-corrected chi connectivity index (χ2v) is 13.6. The highest BCUT2D eigenvalue weighted by molar-refractivity contribution is 7.92. The van der Waals surface area contributed by atoms with Crippen LogP contribution in [0.1, 0.15) is 0 Å². The first-order chi connectivity index (χ1) is 18.4. The molecule has 1 N–H and O–H groups in total. The molecule has 3 heterocycles. The second-order valence-electron chi connectivity index (χ2n) is 8.35. The maximum atomic E-state index is 15.8. The fraction of sp³-hybridized carbons (Fsp3) is 0.174. The molecule has 39 heavy (non-hydrogen) atoms. The molecule has 1 aliphatic rings. The Balaban J connectivity index is 1.59. The summed E-state index contributed by atoms with van der Waals surface area (Å²) in [6, 6.07) is 7.86. The molecule has 0 unspecified atom stereocenters. The van der Waals surface area contributed by atoms with E-state index in [-0.39, 0.29) is 41.1 Å². The van der Waals surface area contributed by atoms with E-state index in [1.807, 2.05) is 4.72 Å². The van der Waals surface area contributed by atoms with Gasteiger partial charge < -0.3 is 4.90 Å². The monoisotopic (exact) mass is 615 g/mol. The van der Waals surface area contributed by atoms with Gasteiger partial charge in [-0.3, -0.25) is 4.72 Å².